The first-order chi connectivity index (χ1) is 6.90. The minimum Gasteiger partial charge on any atom is -0.278 e. The molecule has 0 amide bonds. The summed E-state index contributed by atoms with van der Waals surface area (Å²) < 4.78 is 0. The third-order valence-electron chi connectivity index (χ3n) is 2.05. The fraction of sp³-hybridized carbons (Fsp3) is 0.182. The van der Waals surface area contributed by atoms with Crippen molar-refractivity contribution in [3.05, 3.63) is 36.0 Å². The van der Waals surface area contributed by atoms with E-state index in [0.717, 1.165) is 17.3 Å². The summed E-state index contributed by atoms with van der Waals surface area (Å²) in [5.74, 6) is 0.671. The monoisotopic (exact) mass is 206 g/mol. The lowest BCUT2D eigenvalue weighted by atomic mass is 10.1. The van der Waals surface area contributed by atoms with E-state index < -0.39 is 0 Å². The normalized spacial score (nSPS) is 11.5. The van der Waals surface area contributed by atoms with E-state index >= 15 is 0 Å². The number of nitrogens with zero attached hydrogens (tertiary/aromatic N) is 1. The summed E-state index contributed by atoms with van der Waals surface area (Å²) in [6.07, 6.45) is 6.89. The van der Waals surface area contributed by atoms with Crippen molar-refractivity contribution in [1.29, 1.82) is 0 Å². The van der Waals surface area contributed by atoms with E-state index in [2.05, 4.69) is 34.5 Å². The zero-order valence-corrected chi connectivity index (χ0v) is 8.46. The van der Waals surface area contributed by atoms with Crippen LogP contribution in [0.3, 0.4) is 0 Å². The largest absolute Gasteiger partial charge is 0.278 e. The summed E-state index contributed by atoms with van der Waals surface area (Å²) in [5, 5.41) is 8.02. The molecule has 0 aliphatic carbocycles. The Labute approximate surface area is 87.6 Å². The Balaban J connectivity index is 2.25. The van der Waals surface area contributed by atoms with Crippen LogP contribution in [0.1, 0.15) is 12.0 Å². The Morgan fingerprint density at radius 1 is 1.43 bits per heavy atom. The number of fused-ring (bicyclic) bond motifs is 1. The third-order valence-corrected chi connectivity index (χ3v) is 2.27. The third kappa shape index (κ3) is 1.96. The van der Waals surface area contributed by atoms with E-state index in [-0.39, 0.29) is 0 Å². The molecular formula is C11H11ClN2. The van der Waals surface area contributed by atoms with Crippen LogP contribution in [0.2, 0.25) is 0 Å². The second-order valence-corrected chi connectivity index (χ2v) is 3.47. The zero-order chi connectivity index (χ0) is 9.80. The molecule has 72 valence electrons. The van der Waals surface area contributed by atoms with Crippen molar-refractivity contribution >= 4 is 28.6 Å². The van der Waals surface area contributed by atoms with Gasteiger partial charge < -0.3 is 0 Å². The van der Waals surface area contributed by atoms with Crippen LogP contribution < -0.4 is 0 Å². The Morgan fingerprint density at radius 3 is 3.21 bits per heavy atom. The maximum atomic E-state index is 5.58. The summed E-state index contributed by atoms with van der Waals surface area (Å²) in [5.41, 5.74) is 2.25. The lowest BCUT2D eigenvalue weighted by Gasteiger charge is -1.93. The molecule has 0 bridgehead atoms. The predicted octanol–water partition coefficient (Wildman–Crippen LogP) is 3.21. The molecule has 2 nitrogen and oxygen atoms in total. The number of rotatable bonds is 3. The molecule has 0 unspecified atom stereocenters. The molecule has 0 spiro atoms. The average Bonchev–Trinajstić information content (AvgIpc) is 2.65. The molecule has 14 heavy (non-hydrogen) atoms. The number of aromatic nitrogens is 2. The highest BCUT2D eigenvalue weighted by molar-refractivity contribution is 6.17. The molecule has 1 N–H and O–H groups in total. The van der Waals surface area contributed by atoms with E-state index in [9.17, 15) is 0 Å². The molecule has 1 heterocycles. The minimum absolute atomic E-state index is 0.671. The second kappa shape index (κ2) is 4.29. The van der Waals surface area contributed by atoms with Gasteiger partial charge in [-0.3, -0.25) is 5.10 Å². The number of allylic oxidation sites excluding steroid dienone is 1. The quantitative estimate of drug-likeness (QED) is 0.768. The number of nitrogens with one attached hydrogen (secondary N) is 1. The van der Waals surface area contributed by atoms with Crippen LogP contribution >= 0.6 is 11.6 Å². The lowest BCUT2D eigenvalue weighted by Crippen LogP contribution is -1.73. The van der Waals surface area contributed by atoms with Crippen LogP contribution in [0.25, 0.3) is 17.0 Å². The molecule has 0 aliphatic heterocycles. The van der Waals surface area contributed by atoms with Crippen LogP contribution in [-0.2, 0) is 0 Å². The SMILES string of the molecule is ClCCC=Cc1ccc2[nH]ncc2c1. The Bertz CT molecular complexity index is 445. The van der Waals surface area contributed by atoms with Gasteiger partial charge in [-0.2, -0.15) is 5.10 Å². The van der Waals surface area contributed by atoms with Crippen molar-refractivity contribution in [3.8, 4) is 0 Å². The predicted molar refractivity (Wildman–Crippen MR) is 60.5 cm³/mol. The molecule has 0 radical (unpaired) electrons. The molecule has 0 atom stereocenters. The number of H-pyrrole nitrogens is 1. The Morgan fingerprint density at radius 2 is 2.36 bits per heavy atom. The van der Waals surface area contributed by atoms with Gasteiger partial charge in [-0.05, 0) is 24.1 Å². The smallest absolute Gasteiger partial charge is 0.0650 e. The van der Waals surface area contributed by atoms with Crippen molar-refractivity contribution in [2.45, 2.75) is 6.42 Å². The van der Waals surface area contributed by atoms with Crippen molar-refractivity contribution in [2.75, 3.05) is 5.88 Å². The molecule has 1 aromatic carbocycles. The standard InChI is InChI=1S/C11H11ClN2/c12-6-2-1-3-9-4-5-11-10(7-9)8-13-14-11/h1,3-5,7-8H,2,6H2,(H,13,14). The molecule has 2 rings (SSSR count). The molecule has 3 heteroatoms. The fourth-order valence-electron chi connectivity index (χ4n) is 1.35. The number of hydrogen-bond donors (Lipinski definition) is 1. The van der Waals surface area contributed by atoms with Crippen molar-refractivity contribution in [1.82, 2.24) is 10.2 Å². The summed E-state index contributed by atoms with van der Waals surface area (Å²) in [6, 6.07) is 6.19. The second-order valence-electron chi connectivity index (χ2n) is 3.10. The van der Waals surface area contributed by atoms with Crippen LogP contribution in [0, 0.1) is 0 Å². The highest BCUT2D eigenvalue weighted by Crippen LogP contribution is 2.13. The van der Waals surface area contributed by atoms with Gasteiger partial charge in [0, 0.05) is 11.3 Å². The number of alkyl halides is 1. The fourth-order valence-corrected chi connectivity index (χ4v) is 1.47. The first-order valence-corrected chi connectivity index (χ1v) is 5.09. The average molecular weight is 207 g/mol. The van der Waals surface area contributed by atoms with E-state index in [1.165, 1.54) is 5.56 Å². The number of halogens is 1. The van der Waals surface area contributed by atoms with E-state index in [1.807, 2.05) is 12.3 Å². The minimum atomic E-state index is 0.671. The first kappa shape index (κ1) is 9.28. The summed E-state index contributed by atoms with van der Waals surface area (Å²) in [6.45, 7) is 0. The summed E-state index contributed by atoms with van der Waals surface area (Å²) >= 11 is 5.58. The first-order valence-electron chi connectivity index (χ1n) is 4.56. The van der Waals surface area contributed by atoms with Crippen LogP contribution in [0.5, 0.6) is 0 Å². The summed E-state index contributed by atoms with van der Waals surface area (Å²) in [7, 11) is 0. The molecule has 0 fully saturated rings. The molecule has 1 aromatic heterocycles. The van der Waals surface area contributed by atoms with Crippen molar-refractivity contribution < 1.29 is 0 Å². The van der Waals surface area contributed by atoms with Gasteiger partial charge in [-0.1, -0.05) is 18.2 Å². The van der Waals surface area contributed by atoms with Gasteiger partial charge in [-0.25, -0.2) is 0 Å². The zero-order valence-electron chi connectivity index (χ0n) is 7.70. The highest BCUT2D eigenvalue weighted by atomic mass is 35.5. The lowest BCUT2D eigenvalue weighted by molar-refractivity contribution is 1.12. The van der Waals surface area contributed by atoms with E-state index in [0.29, 0.717) is 5.88 Å². The molecule has 0 saturated heterocycles. The van der Waals surface area contributed by atoms with Gasteiger partial charge in [0.1, 0.15) is 0 Å². The number of hydrogen-bond acceptors (Lipinski definition) is 1. The highest BCUT2D eigenvalue weighted by Gasteiger charge is 1.94. The van der Waals surface area contributed by atoms with Crippen LogP contribution in [0.15, 0.2) is 30.5 Å². The molecule has 0 saturated carbocycles. The van der Waals surface area contributed by atoms with Gasteiger partial charge in [0.2, 0.25) is 0 Å². The Hall–Kier alpha value is -1.28. The summed E-state index contributed by atoms with van der Waals surface area (Å²) in [4.78, 5) is 0. The van der Waals surface area contributed by atoms with Crippen molar-refractivity contribution in [2.24, 2.45) is 0 Å². The van der Waals surface area contributed by atoms with Gasteiger partial charge in [0.25, 0.3) is 0 Å². The molecular weight excluding hydrogens is 196 g/mol. The van der Waals surface area contributed by atoms with Gasteiger partial charge >= 0.3 is 0 Å². The molecule has 0 aliphatic rings. The van der Waals surface area contributed by atoms with Gasteiger partial charge in [-0.15, -0.1) is 11.6 Å². The number of benzene rings is 1. The van der Waals surface area contributed by atoms with Crippen LogP contribution in [0.4, 0.5) is 0 Å². The van der Waals surface area contributed by atoms with E-state index in [1.54, 1.807) is 0 Å². The van der Waals surface area contributed by atoms with Crippen molar-refractivity contribution in [3.63, 3.8) is 0 Å². The molecule has 2 aromatic rings. The van der Waals surface area contributed by atoms with Gasteiger partial charge in [0.15, 0.2) is 0 Å². The maximum Gasteiger partial charge on any atom is 0.0650 e. The topological polar surface area (TPSA) is 28.7 Å². The maximum absolute atomic E-state index is 5.58. The van der Waals surface area contributed by atoms with Crippen LogP contribution in [-0.4, -0.2) is 16.1 Å². The van der Waals surface area contributed by atoms with Gasteiger partial charge in [0.05, 0.1) is 11.7 Å². The van der Waals surface area contributed by atoms with E-state index in [4.69, 9.17) is 11.6 Å². The Kier molecular flexibility index (Phi) is 2.84. The number of aromatic amines is 1.